The lowest BCUT2D eigenvalue weighted by molar-refractivity contribution is -0.385. The Morgan fingerprint density at radius 1 is 1.23 bits per heavy atom. The van der Waals surface area contributed by atoms with Crippen LogP contribution in [0.4, 0.5) is 5.69 Å². The van der Waals surface area contributed by atoms with Crippen molar-refractivity contribution in [1.29, 1.82) is 5.26 Å². The second kappa shape index (κ2) is 7.30. The average Bonchev–Trinajstić information content (AvgIpc) is 3.12. The molecule has 0 saturated heterocycles. The zero-order valence-corrected chi connectivity index (χ0v) is 15.1. The van der Waals surface area contributed by atoms with Gasteiger partial charge in [-0.2, -0.15) is 5.26 Å². The summed E-state index contributed by atoms with van der Waals surface area (Å²) >= 11 is 1.35. The molecule has 0 unspecified atom stereocenters. The minimum atomic E-state index is -0.455. The third-order valence-corrected chi connectivity index (χ3v) is 4.97. The van der Waals surface area contributed by atoms with E-state index in [9.17, 15) is 15.4 Å². The summed E-state index contributed by atoms with van der Waals surface area (Å²) in [4.78, 5) is 15.3. The van der Waals surface area contributed by atoms with Gasteiger partial charge in [0.15, 0.2) is 0 Å². The molecule has 0 saturated carbocycles. The monoisotopic (exact) mass is 361 g/mol. The predicted octanol–water partition coefficient (Wildman–Crippen LogP) is 5.40. The molecule has 2 aromatic carbocycles. The van der Waals surface area contributed by atoms with Crippen LogP contribution >= 0.6 is 11.3 Å². The Hall–Kier alpha value is -3.30. The molecule has 26 heavy (non-hydrogen) atoms. The molecule has 6 heteroatoms. The lowest BCUT2D eigenvalue weighted by atomic mass is 10.0. The van der Waals surface area contributed by atoms with E-state index in [1.54, 1.807) is 18.2 Å². The molecule has 0 amide bonds. The number of aryl methyl sites for hydroxylation is 2. The Bertz CT molecular complexity index is 1060. The fourth-order valence-electron chi connectivity index (χ4n) is 2.50. The third-order valence-electron chi connectivity index (χ3n) is 4.09. The largest absolute Gasteiger partial charge is 0.276 e. The molecule has 5 nitrogen and oxygen atoms in total. The van der Waals surface area contributed by atoms with E-state index in [4.69, 9.17) is 0 Å². The summed E-state index contributed by atoms with van der Waals surface area (Å²) < 4.78 is 0. The van der Waals surface area contributed by atoms with Crippen molar-refractivity contribution in [2.75, 3.05) is 0 Å². The van der Waals surface area contributed by atoms with Crippen LogP contribution < -0.4 is 0 Å². The number of nitro benzene ring substituents is 1. The van der Waals surface area contributed by atoms with Crippen LogP contribution in [0.2, 0.25) is 0 Å². The zero-order chi connectivity index (χ0) is 18.7. The Labute approximate surface area is 155 Å². The lowest BCUT2D eigenvalue weighted by Crippen LogP contribution is -1.91. The first-order valence-corrected chi connectivity index (χ1v) is 8.76. The Balaban J connectivity index is 2.00. The molecule has 0 aliphatic heterocycles. The van der Waals surface area contributed by atoms with Crippen LogP contribution in [0.3, 0.4) is 0 Å². The number of hydrogen-bond acceptors (Lipinski definition) is 5. The Kier molecular flexibility index (Phi) is 4.92. The molecule has 0 N–H and O–H groups in total. The molecule has 1 aromatic heterocycles. The molecule has 128 valence electrons. The zero-order valence-electron chi connectivity index (χ0n) is 14.3. The molecule has 0 radical (unpaired) electrons. The highest BCUT2D eigenvalue weighted by Gasteiger charge is 2.14. The predicted molar refractivity (Wildman–Crippen MR) is 104 cm³/mol. The molecule has 0 spiro atoms. The van der Waals surface area contributed by atoms with E-state index >= 15 is 0 Å². The van der Waals surface area contributed by atoms with E-state index in [0.29, 0.717) is 16.1 Å². The molecule has 0 aliphatic rings. The average molecular weight is 361 g/mol. The van der Waals surface area contributed by atoms with Crippen LogP contribution in [0.5, 0.6) is 0 Å². The number of allylic oxidation sites excluding steroid dienone is 1. The van der Waals surface area contributed by atoms with Gasteiger partial charge in [-0.1, -0.05) is 24.3 Å². The molecule has 0 fully saturated rings. The van der Waals surface area contributed by atoms with Gasteiger partial charge in [0.1, 0.15) is 11.1 Å². The summed E-state index contributed by atoms with van der Waals surface area (Å²) in [5.74, 6) is 0. The van der Waals surface area contributed by atoms with Crippen molar-refractivity contribution in [3.05, 3.63) is 79.7 Å². The number of rotatable bonds is 4. The van der Waals surface area contributed by atoms with Crippen LogP contribution in [-0.2, 0) is 0 Å². The number of thiazole rings is 1. The minimum Gasteiger partial charge on any atom is -0.258 e. The first-order valence-electron chi connectivity index (χ1n) is 7.88. The summed E-state index contributed by atoms with van der Waals surface area (Å²) in [6.45, 7) is 4.09. The Morgan fingerprint density at radius 2 is 2.00 bits per heavy atom. The highest BCUT2D eigenvalue weighted by atomic mass is 32.1. The summed E-state index contributed by atoms with van der Waals surface area (Å²) in [6, 6.07) is 14.5. The summed E-state index contributed by atoms with van der Waals surface area (Å²) in [7, 11) is 0. The van der Waals surface area contributed by atoms with Gasteiger partial charge in [0.2, 0.25) is 0 Å². The number of hydrogen-bond donors (Lipinski definition) is 0. The topological polar surface area (TPSA) is 79.8 Å². The molecule has 0 aliphatic carbocycles. The van der Waals surface area contributed by atoms with Crippen molar-refractivity contribution in [1.82, 2.24) is 4.98 Å². The molecular weight excluding hydrogens is 346 g/mol. The van der Waals surface area contributed by atoms with Gasteiger partial charge in [-0.15, -0.1) is 11.3 Å². The van der Waals surface area contributed by atoms with E-state index in [0.717, 1.165) is 11.3 Å². The van der Waals surface area contributed by atoms with E-state index in [2.05, 4.69) is 24.0 Å². The number of benzene rings is 2. The SMILES string of the molecule is Cc1ccc(-c2csc(C(C#N)=Cc3ccccc3[N+](=O)[O-])n2)cc1C. The second-order valence-electron chi connectivity index (χ2n) is 5.82. The number of nitro groups is 1. The summed E-state index contributed by atoms with van der Waals surface area (Å²) in [5.41, 5.74) is 4.81. The van der Waals surface area contributed by atoms with Crippen LogP contribution in [0.15, 0.2) is 47.8 Å². The maximum atomic E-state index is 11.2. The molecule has 0 bridgehead atoms. The van der Waals surface area contributed by atoms with Crippen molar-refractivity contribution in [2.45, 2.75) is 13.8 Å². The highest BCUT2D eigenvalue weighted by Crippen LogP contribution is 2.29. The van der Waals surface area contributed by atoms with Crippen molar-refractivity contribution >= 4 is 28.7 Å². The fraction of sp³-hybridized carbons (Fsp3) is 0.100. The van der Waals surface area contributed by atoms with Gasteiger partial charge < -0.3 is 0 Å². The Morgan fingerprint density at radius 3 is 2.69 bits per heavy atom. The van der Waals surface area contributed by atoms with Crippen LogP contribution in [0.1, 0.15) is 21.7 Å². The van der Waals surface area contributed by atoms with Crippen LogP contribution in [0.25, 0.3) is 22.9 Å². The first kappa shape index (κ1) is 17.5. The van der Waals surface area contributed by atoms with E-state index in [1.807, 2.05) is 24.4 Å². The number of para-hydroxylation sites is 1. The molecule has 3 rings (SSSR count). The van der Waals surface area contributed by atoms with E-state index in [1.165, 1.54) is 34.6 Å². The van der Waals surface area contributed by atoms with Crippen LogP contribution in [-0.4, -0.2) is 9.91 Å². The molecule has 0 atom stereocenters. The van der Waals surface area contributed by atoms with E-state index in [-0.39, 0.29) is 5.69 Å². The van der Waals surface area contributed by atoms with E-state index < -0.39 is 4.92 Å². The highest BCUT2D eigenvalue weighted by molar-refractivity contribution is 7.11. The van der Waals surface area contributed by atoms with Crippen molar-refractivity contribution in [3.63, 3.8) is 0 Å². The van der Waals surface area contributed by atoms with Gasteiger partial charge in [0, 0.05) is 17.0 Å². The van der Waals surface area contributed by atoms with Gasteiger partial charge >= 0.3 is 0 Å². The molecule has 3 aromatic rings. The van der Waals surface area contributed by atoms with Crippen molar-refractivity contribution in [2.24, 2.45) is 0 Å². The lowest BCUT2D eigenvalue weighted by Gasteiger charge is -2.02. The summed E-state index contributed by atoms with van der Waals surface area (Å²) in [5, 5.41) is 23.1. The van der Waals surface area contributed by atoms with Gasteiger partial charge in [-0.3, -0.25) is 10.1 Å². The summed E-state index contributed by atoms with van der Waals surface area (Å²) in [6.07, 6.45) is 1.52. The number of aromatic nitrogens is 1. The quantitative estimate of drug-likeness (QED) is 0.354. The number of nitrogens with zero attached hydrogens (tertiary/aromatic N) is 3. The van der Waals surface area contributed by atoms with Gasteiger partial charge in [0.25, 0.3) is 5.69 Å². The minimum absolute atomic E-state index is 0.0359. The van der Waals surface area contributed by atoms with Crippen molar-refractivity contribution in [3.8, 4) is 17.3 Å². The normalized spacial score (nSPS) is 11.2. The fourth-order valence-corrected chi connectivity index (χ4v) is 3.30. The second-order valence-corrected chi connectivity index (χ2v) is 6.68. The molecular formula is C20H15N3O2S. The number of nitriles is 1. The standard InChI is InChI=1S/C20H15N3O2S/c1-13-7-8-15(9-14(13)2)18-12-26-20(22-18)17(11-21)10-16-5-3-4-6-19(16)23(24)25/h3-10,12H,1-2H3. The van der Waals surface area contributed by atoms with Crippen molar-refractivity contribution < 1.29 is 4.92 Å². The first-order chi connectivity index (χ1) is 12.5. The van der Waals surface area contributed by atoms with Gasteiger partial charge in [-0.05, 0) is 43.2 Å². The third kappa shape index (κ3) is 3.53. The van der Waals surface area contributed by atoms with Gasteiger partial charge in [-0.25, -0.2) is 4.98 Å². The molecule has 1 heterocycles. The maximum absolute atomic E-state index is 11.2. The smallest absolute Gasteiger partial charge is 0.258 e. The van der Waals surface area contributed by atoms with Crippen LogP contribution in [0, 0.1) is 35.3 Å². The maximum Gasteiger partial charge on any atom is 0.276 e. The van der Waals surface area contributed by atoms with Gasteiger partial charge in [0.05, 0.1) is 21.8 Å².